The van der Waals surface area contributed by atoms with E-state index in [2.05, 4.69) is 0 Å². The van der Waals surface area contributed by atoms with Crippen molar-refractivity contribution in [2.45, 2.75) is 0 Å². The number of phenolic OH excluding ortho intramolecular Hbond substituents is 1. The molecule has 0 bridgehead atoms. The number of rotatable bonds is 1. The SMILES string of the molecule is Oc1ccc2ccc([B-](F)(F)F)cc2c1.[K+]. The van der Waals surface area contributed by atoms with Gasteiger partial charge in [-0.1, -0.05) is 24.3 Å². The summed E-state index contributed by atoms with van der Waals surface area (Å²) in [5.74, 6) is -0.0330. The molecule has 2 rings (SSSR count). The van der Waals surface area contributed by atoms with Gasteiger partial charge in [-0.05, 0) is 22.9 Å². The summed E-state index contributed by atoms with van der Waals surface area (Å²) in [6, 6.07) is 7.85. The van der Waals surface area contributed by atoms with Crippen LogP contribution in [0.25, 0.3) is 10.8 Å². The van der Waals surface area contributed by atoms with Crippen LogP contribution in [0.1, 0.15) is 0 Å². The van der Waals surface area contributed by atoms with Crippen LogP contribution >= 0.6 is 0 Å². The van der Waals surface area contributed by atoms with Gasteiger partial charge in [-0.25, -0.2) is 0 Å². The summed E-state index contributed by atoms with van der Waals surface area (Å²) in [6.45, 7) is -4.98. The van der Waals surface area contributed by atoms with Crippen LogP contribution in [0, 0.1) is 0 Å². The minimum Gasteiger partial charge on any atom is -0.508 e. The predicted octanol–water partition coefficient (Wildman–Crippen LogP) is -0.396. The Morgan fingerprint density at radius 3 is 2.12 bits per heavy atom. The molecular formula is C10H7BF3KO. The first-order valence-corrected chi connectivity index (χ1v) is 4.39. The van der Waals surface area contributed by atoms with Crippen molar-refractivity contribution in [2.75, 3.05) is 0 Å². The Morgan fingerprint density at radius 2 is 1.50 bits per heavy atom. The fourth-order valence-corrected chi connectivity index (χ4v) is 1.46. The Balaban J connectivity index is 0.00000128. The molecule has 78 valence electrons. The van der Waals surface area contributed by atoms with Gasteiger partial charge < -0.3 is 18.1 Å². The van der Waals surface area contributed by atoms with Gasteiger partial charge in [-0.3, -0.25) is 0 Å². The Hall–Kier alpha value is -0.00870. The molecule has 0 fully saturated rings. The van der Waals surface area contributed by atoms with Crippen LogP contribution in [0.15, 0.2) is 36.4 Å². The number of hydrogen-bond donors (Lipinski definition) is 1. The number of aromatic hydroxyl groups is 1. The summed E-state index contributed by atoms with van der Waals surface area (Å²) in [4.78, 5) is 0. The zero-order valence-electron chi connectivity index (χ0n) is 8.62. The van der Waals surface area contributed by atoms with Gasteiger partial charge in [-0.2, -0.15) is 0 Å². The molecular weight excluding hydrogens is 243 g/mol. The van der Waals surface area contributed by atoms with Crippen LogP contribution in [0.2, 0.25) is 0 Å². The van der Waals surface area contributed by atoms with Crippen LogP contribution in [0.3, 0.4) is 0 Å². The molecule has 0 aliphatic rings. The minimum absolute atomic E-state index is 0. The van der Waals surface area contributed by atoms with E-state index in [-0.39, 0.29) is 57.1 Å². The molecule has 0 aromatic heterocycles. The molecule has 2 aromatic rings. The van der Waals surface area contributed by atoms with E-state index in [0.29, 0.717) is 10.8 Å². The maximum Gasteiger partial charge on any atom is 1.00 e. The third-order valence-electron chi connectivity index (χ3n) is 2.23. The van der Waals surface area contributed by atoms with Gasteiger partial charge in [0, 0.05) is 0 Å². The molecule has 0 saturated carbocycles. The average Bonchev–Trinajstić information content (AvgIpc) is 2.15. The summed E-state index contributed by atoms with van der Waals surface area (Å²) in [5, 5.41) is 10.2. The number of benzene rings is 2. The first-order valence-electron chi connectivity index (χ1n) is 4.39. The monoisotopic (exact) mass is 250 g/mol. The van der Waals surface area contributed by atoms with Gasteiger partial charge in [-0.15, -0.1) is 5.46 Å². The molecule has 1 N–H and O–H groups in total. The Bertz CT molecular complexity index is 513. The molecule has 16 heavy (non-hydrogen) atoms. The zero-order chi connectivity index (χ0) is 11.1. The van der Waals surface area contributed by atoms with E-state index in [9.17, 15) is 12.9 Å². The Labute approximate surface area is 133 Å². The van der Waals surface area contributed by atoms with E-state index < -0.39 is 12.4 Å². The third-order valence-corrected chi connectivity index (χ3v) is 2.23. The molecule has 1 nitrogen and oxygen atoms in total. The van der Waals surface area contributed by atoms with E-state index >= 15 is 0 Å². The summed E-state index contributed by atoms with van der Waals surface area (Å²) in [5.41, 5.74) is -0.645. The van der Waals surface area contributed by atoms with Crippen molar-refractivity contribution < 1.29 is 69.4 Å². The largest absolute Gasteiger partial charge is 1.00 e. The van der Waals surface area contributed by atoms with Gasteiger partial charge in [0.2, 0.25) is 0 Å². The van der Waals surface area contributed by atoms with Crippen molar-refractivity contribution >= 4 is 23.2 Å². The first-order chi connectivity index (χ1) is 6.97. The van der Waals surface area contributed by atoms with Gasteiger partial charge in [0.05, 0.1) is 0 Å². The summed E-state index contributed by atoms with van der Waals surface area (Å²) in [6.07, 6.45) is 0. The van der Waals surface area contributed by atoms with E-state index in [1.807, 2.05) is 0 Å². The third kappa shape index (κ3) is 3.01. The maximum atomic E-state index is 12.4. The molecule has 2 aromatic carbocycles. The zero-order valence-corrected chi connectivity index (χ0v) is 11.7. The summed E-state index contributed by atoms with van der Waals surface area (Å²) >= 11 is 0. The number of phenols is 1. The maximum absolute atomic E-state index is 12.4. The number of fused-ring (bicyclic) bond motifs is 1. The van der Waals surface area contributed by atoms with Crippen molar-refractivity contribution in [1.29, 1.82) is 0 Å². The van der Waals surface area contributed by atoms with Gasteiger partial charge in [0.1, 0.15) is 5.75 Å². The van der Waals surface area contributed by atoms with Crippen LogP contribution in [-0.4, -0.2) is 12.1 Å². The van der Waals surface area contributed by atoms with Crippen LogP contribution in [0.5, 0.6) is 5.75 Å². The summed E-state index contributed by atoms with van der Waals surface area (Å²) < 4.78 is 37.2. The van der Waals surface area contributed by atoms with Gasteiger partial charge in [0.15, 0.2) is 0 Å². The van der Waals surface area contributed by atoms with E-state index in [4.69, 9.17) is 5.11 Å². The average molecular weight is 250 g/mol. The predicted molar refractivity (Wildman–Crippen MR) is 54.3 cm³/mol. The molecule has 0 saturated heterocycles. The Kier molecular flexibility index (Phi) is 4.48. The van der Waals surface area contributed by atoms with Crippen LogP contribution < -0.4 is 56.8 Å². The fraction of sp³-hybridized carbons (Fsp3) is 0. The second kappa shape index (κ2) is 5.10. The molecule has 0 atom stereocenters. The van der Waals surface area contributed by atoms with Crippen LogP contribution in [0.4, 0.5) is 12.9 Å². The van der Waals surface area contributed by atoms with Gasteiger partial charge in [0.25, 0.3) is 0 Å². The van der Waals surface area contributed by atoms with E-state index in [1.165, 1.54) is 18.2 Å². The van der Waals surface area contributed by atoms with Crippen molar-refractivity contribution in [1.82, 2.24) is 0 Å². The first kappa shape index (κ1) is 14.1. The van der Waals surface area contributed by atoms with Gasteiger partial charge >= 0.3 is 58.4 Å². The molecule has 0 spiro atoms. The smallest absolute Gasteiger partial charge is 0.508 e. The molecule has 6 heteroatoms. The van der Waals surface area contributed by atoms with Crippen molar-refractivity contribution in [3.63, 3.8) is 0 Å². The normalized spacial score (nSPS) is 11.2. The fourth-order valence-electron chi connectivity index (χ4n) is 1.46. The standard InChI is InChI=1S/C10H7BF3O.K/c12-11(13,14)9-3-1-7-2-4-10(15)6-8(7)5-9;/h1-6,15H;/q-1;+1. The number of hydrogen-bond acceptors (Lipinski definition) is 1. The minimum atomic E-state index is -4.98. The molecule has 0 unspecified atom stereocenters. The van der Waals surface area contributed by atoms with Crippen molar-refractivity contribution in [3.8, 4) is 5.75 Å². The molecule has 0 aliphatic heterocycles. The summed E-state index contributed by atoms with van der Waals surface area (Å²) in [7, 11) is 0. The van der Waals surface area contributed by atoms with Crippen LogP contribution in [-0.2, 0) is 0 Å². The van der Waals surface area contributed by atoms with E-state index in [0.717, 1.165) is 12.1 Å². The molecule has 0 heterocycles. The van der Waals surface area contributed by atoms with Crippen molar-refractivity contribution in [3.05, 3.63) is 36.4 Å². The second-order valence-electron chi connectivity index (χ2n) is 3.37. The van der Waals surface area contributed by atoms with E-state index in [1.54, 1.807) is 6.07 Å². The second-order valence-corrected chi connectivity index (χ2v) is 3.37. The molecule has 0 radical (unpaired) electrons. The van der Waals surface area contributed by atoms with Crippen molar-refractivity contribution in [2.24, 2.45) is 0 Å². The topological polar surface area (TPSA) is 20.2 Å². The molecule has 0 aliphatic carbocycles. The Morgan fingerprint density at radius 1 is 0.875 bits per heavy atom. The molecule has 0 amide bonds. The number of halogens is 3. The quantitative estimate of drug-likeness (QED) is 0.683.